The number of nitrogens with zero attached hydrogens (tertiary/aromatic N) is 1. The molecule has 0 bridgehead atoms. The van der Waals surface area contributed by atoms with Crippen LogP contribution in [-0.2, 0) is 0 Å². The van der Waals surface area contributed by atoms with Gasteiger partial charge in [-0.3, -0.25) is 4.79 Å². The van der Waals surface area contributed by atoms with Crippen LogP contribution in [0.25, 0.3) is 10.8 Å². The highest BCUT2D eigenvalue weighted by molar-refractivity contribution is 6.02. The Bertz CT molecular complexity index is 1730. The molecule has 8 nitrogen and oxygen atoms in total. The van der Waals surface area contributed by atoms with Crippen molar-refractivity contribution in [2.75, 3.05) is 0 Å². The smallest absolute Gasteiger partial charge is 0.343 e. The molecular formula is C32H22N2O6. The molecule has 0 saturated heterocycles. The highest BCUT2D eigenvalue weighted by Gasteiger charge is 2.16. The molecule has 2 N–H and O–H groups in total. The van der Waals surface area contributed by atoms with Crippen LogP contribution in [0.5, 0.6) is 17.2 Å². The van der Waals surface area contributed by atoms with Crippen LogP contribution in [0.4, 0.5) is 0 Å². The number of hydrogen-bond acceptors (Lipinski definition) is 7. The fourth-order valence-corrected chi connectivity index (χ4v) is 3.88. The number of aromatic hydroxyl groups is 1. The number of ether oxygens (including phenoxy) is 2. The van der Waals surface area contributed by atoms with Gasteiger partial charge in [-0.25, -0.2) is 15.0 Å². The molecule has 0 aromatic heterocycles. The number of fused-ring (bicyclic) bond motifs is 1. The van der Waals surface area contributed by atoms with Gasteiger partial charge < -0.3 is 14.6 Å². The summed E-state index contributed by atoms with van der Waals surface area (Å²) in [6, 6.07) is 31.7. The summed E-state index contributed by atoms with van der Waals surface area (Å²) < 4.78 is 11.1. The Hall–Kier alpha value is -5.76. The first kappa shape index (κ1) is 25.9. The van der Waals surface area contributed by atoms with Gasteiger partial charge in [-0.05, 0) is 59.3 Å². The van der Waals surface area contributed by atoms with E-state index in [1.54, 1.807) is 66.7 Å². The number of hydrogen-bond donors (Lipinski definition) is 2. The average molecular weight is 531 g/mol. The number of nitrogens with one attached hydrogen (secondary N) is 1. The Labute approximate surface area is 229 Å². The summed E-state index contributed by atoms with van der Waals surface area (Å²) in [6.45, 7) is 0. The van der Waals surface area contributed by atoms with Gasteiger partial charge in [0.15, 0.2) is 0 Å². The Morgan fingerprint density at radius 3 is 1.90 bits per heavy atom. The third-order valence-electron chi connectivity index (χ3n) is 5.90. The maximum atomic E-state index is 12.8. The van der Waals surface area contributed by atoms with E-state index in [-0.39, 0.29) is 22.8 Å². The highest BCUT2D eigenvalue weighted by atomic mass is 16.5. The van der Waals surface area contributed by atoms with Crippen LogP contribution in [0, 0.1) is 0 Å². The number of carbonyl (C=O) groups is 3. The first-order valence-electron chi connectivity index (χ1n) is 12.2. The number of hydrazone groups is 1. The van der Waals surface area contributed by atoms with Crippen molar-refractivity contribution in [3.8, 4) is 17.2 Å². The third-order valence-corrected chi connectivity index (χ3v) is 5.90. The quantitative estimate of drug-likeness (QED) is 0.120. The van der Waals surface area contributed by atoms with Crippen molar-refractivity contribution in [3.63, 3.8) is 0 Å². The molecule has 8 heteroatoms. The number of phenolic OH excluding ortho intramolecular Hbond substituents is 1. The summed E-state index contributed by atoms with van der Waals surface area (Å²) >= 11 is 0. The van der Waals surface area contributed by atoms with Gasteiger partial charge in [0.25, 0.3) is 5.91 Å². The number of benzene rings is 5. The van der Waals surface area contributed by atoms with Gasteiger partial charge in [-0.2, -0.15) is 5.10 Å². The van der Waals surface area contributed by atoms with E-state index in [0.717, 1.165) is 10.8 Å². The third kappa shape index (κ3) is 6.03. The molecule has 196 valence electrons. The van der Waals surface area contributed by atoms with Crippen molar-refractivity contribution >= 4 is 34.8 Å². The molecule has 0 radical (unpaired) electrons. The standard InChI is InChI=1S/C32H22N2O6/c35-28-18-24-14-8-7-13-23(24)17-27(28)30(36)34-33-20-25-15-16-26(39-31(37)21-9-3-1-4-10-21)19-29(25)40-32(38)22-11-5-2-6-12-22/h1-20,35H,(H,34,36)/b33-20+. The minimum absolute atomic E-state index is 0.0507. The predicted octanol–water partition coefficient (Wildman–Crippen LogP) is 5.75. The van der Waals surface area contributed by atoms with E-state index in [0.29, 0.717) is 16.7 Å². The van der Waals surface area contributed by atoms with Crippen LogP contribution in [0.1, 0.15) is 36.6 Å². The summed E-state index contributed by atoms with van der Waals surface area (Å²) in [7, 11) is 0. The molecule has 0 saturated carbocycles. The molecule has 0 atom stereocenters. The van der Waals surface area contributed by atoms with Crippen molar-refractivity contribution in [1.82, 2.24) is 5.43 Å². The molecule has 5 rings (SSSR count). The monoisotopic (exact) mass is 530 g/mol. The first-order valence-corrected chi connectivity index (χ1v) is 12.2. The molecule has 0 fully saturated rings. The highest BCUT2D eigenvalue weighted by Crippen LogP contribution is 2.27. The summed E-state index contributed by atoms with van der Waals surface area (Å²) in [5.74, 6) is -1.83. The number of carbonyl (C=O) groups excluding carboxylic acids is 3. The average Bonchev–Trinajstić information content (AvgIpc) is 2.98. The van der Waals surface area contributed by atoms with E-state index >= 15 is 0 Å². The molecule has 5 aromatic carbocycles. The maximum Gasteiger partial charge on any atom is 0.343 e. The number of phenols is 1. The van der Waals surface area contributed by atoms with Crippen molar-refractivity contribution in [1.29, 1.82) is 0 Å². The van der Waals surface area contributed by atoms with Gasteiger partial charge in [-0.15, -0.1) is 0 Å². The van der Waals surface area contributed by atoms with E-state index < -0.39 is 17.8 Å². The molecule has 1 amide bonds. The minimum atomic E-state index is -0.632. The molecule has 5 aromatic rings. The van der Waals surface area contributed by atoms with Gasteiger partial charge >= 0.3 is 11.9 Å². The Morgan fingerprint density at radius 2 is 1.25 bits per heavy atom. The SMILES string of the molecule is O=C(Oc1ccc(/C=N/NC(=O)c2cc3ccccc3cc2O)c(OC(=O)c2ccccc2)c1)c1ccccc1. The lowest BCUT2D eigenvalue weighted by atomic mass is 10.1. The Morgan fingerprint density at radius 1 is 0.675 bits per heavy atom. The van der Waals surface area contributed by atoms with Gasteiger partial charge in [0, 0.05) is 11.6 Å². The summed E-state index contributed by atoms with van der Waals surface area (Å²) in [5, 5.41) is 15.9. The zero-order valence-corrected chi connectivity index (χ0v) is 21.0. The van der Waals surface area contributed by atoms with E-state index in [2.05, 4.69) is 10.5 Å². The molecular weight excluding hydrogens is 508 g/mol. The van der Waals surface area contributed by atoms with Crippen LogP contribution >= 0.6 is 0 Å². The zero-order chi connectivity index (χ0) is 27.9. The normalized spacial score (nSPS) is 10.8. The lowest BCUT2D eigenvalue weighted by Crippen LogP contribution is -2.18. The Kier molecular flexibility index (Phi) is 7.60. The zero-order valence-electron chi connectivity index (χ0n) is 21.0. The van der Waals surface area contributed by atoms with Gasteiger partial charge in [0.1, 0.15) is 17.2 Å². The van der Waals surface area contributed by atoms with Crippen molar-refractivity contribution < 1.29 is 29.0 Å². The summed E-state index contributed by atoms with van der Waals surface area (Å²) in [6.07, 6.45) is 1.28. The van der Waals surface area contributed by atoms with Gasteiger partial charge in [0.05, 0.1) is 22.9 Å². The lowest BCUT2D eigenvalue weighted by molar-refractivity contribution is 0.0731. The van der Waals surface area contributed by atoms with Crippen molar-refractivity contribution in [3.05, 3.63) is 138 Å². The van der Waals surface area contributed by atoms with Gasteiger partial charge in [-0.1, -0.05) is 60.7 Å². The minimum Gasteiger partial charge on any atom is -0.507 e. The van der Waals surface area contributed by atoms with E-state index in [9.17, 15) is 19.5 Å². The second kappa shape index (κ2) is 11.7. The maximum absolute atomic E-state index is 12.8. The van der Waals surface area contributed by atoms with Crippen molar-refractivity contribution in [2.45, 2.75) is 0 Å². The molecule has 40 heavy (non-hydrogen) atoms. The fraction of sp³-hybridized carbons (Fsp3) is 0. The second-order valence-corrected chi connectivity index (χ2v) is 8.63. The van der Waals surface area contributed by atoms with Crippen LogP contribution in [0.3, 0.4) is 0 Å². The fourth-order valence-electron chi connectivity index (χ4n) is 3.88. The van der Waals surface area contributed by atoms with Crippen molar-refractivity contribution in [2.24, 2.45) is 5.10 Å². The van der Waals surface area contributed by atoms with E-state index in [4.69, 9.17) is 9.47 Å². The molecule has 0 heterocycles. The first-order chi connectivity index (χ1) is 19.5. The molecule has 0 aliphatic rings. The van der Waals surface area contributed by atoms with Crippen LogP contribution in [0.2, 0.25) is 0 Å². The van der Waals surface area contributed by atoms with Gasteiger partial charge in [0.2, 0.25) is 0 Å². The van der Waals surface area contributed by atoms with E-state index in [1.165, 1.54) is 30.5 Å². The molecule has 0 unspecified atom stereocenters. The molecule has 0 aliphatic carbocycles. The summed E-state index contributed by atoms with van der Waals surface area (Å²) in [5.41, 5.74) is 3.43. The number of amides is 1. The predicted molar refractivity (Wildman–Crippen MR) is 150 cm³/mol. The van der Waals surface area contributed by atoms with E-state index in [1.807, 2.05) is 24.3 Å². The molecule has 0 spiro atoms. The summed E-state index contributed by atoms with van der Waals surface area (Å²) in [4.78, 5) is 38.0. The number of rotatable bonds is 7. The van der Waals surface area contributed by atoms with Crippen LogP contribution < -0.4 is 14.9 Å². The molecule has 0 aliphatic heterocycles. The number of esters is 2. The van der Waals surface area contributed by atoms with Crippen LogP contribution in [-0.4, -0.2) is 29.2 Å². The van der Waals surface area contributed by atoms with Crippen LogP contribution in [0.15, 0.2) is 120 Å². The Balaban J connectivity index is 1.38. The second-order valence-electron chi connectivity index (χ2n) is 8.63. The largest absolute Gasteiger partial charge is 0.507 e. The lowest BCUT2D eigenvalue weighted by Gasteiger charge is -2.11. The topological polar surface area (TPSA) is 114 Å².